The molecule has 0 aromatic heterocycles. The van der Waals surface area contributed by atoms with Crippen LogP contribution in [0.3, 0.4) is 0 Å². The molecule has 2 aromatic carbocycles. The van der Waals surface area contributed by atoms with Gasteiger partial charge in [-0.1, -0.05) is 39.0 Å². The highest BCUT2D eigenvalue weighted by atomic mass is 32.2. The molecule has 0 fully saturated rings. The first-order chi connectivity index (χ1) is 13.9. The third kappa shape index (κ3) is 5.48. The number of ether oxygens (including phenoxy) is 2. The molecule has 0 saturated heterocycles. The summed E-state index contributed by atoms with van der Waals surface area (Å²) in [5.41, 5.74) is 0.279. The lowest BCUT2D eigenvalue weighted by Gasteiger charge is -2.21. The van der Waals surface area contributed by atoms with E-state index in [0.29, 0.717) is 31.0 Å². The van der Waals surface area contributed by atoms with E-state index in [9.17, 15) is 13.2 Å². The lowest BCUT2D eigenvalue weighted by atomic mass is 10.2. The van der Waals surface area contributed by atoms with Gasteiger partial charge in [0.05, 0.1) is 17.7 Å². The maximum Gasteiger partial charge on any atom is 0.265 e. The van der Waals surface area contributed by atoms with Crippen molar-refractivity contribution in [2.75, 3.05) is 25.5 Å². The van der Waals surface area contributed by atoms with Gasteiger partial charge in [0.15, 0.2) is 6.10 Å². The summed E-state index contributed by atoms with van der Waals surface area (Å²) in [6, 6.07) is 13.5. The third-order valence-corrected chi connectivity index (χ3v) is 6.50. The summed E-state index contributed by atoms with van der Waals surface area (Å²) in [5.74, 6) is 0.567. The molecule has 2 aromatic rings. The molecule has 1 amide bonds. The van der Waals surface area contributed by atoms with E-state index >= 15 is 0 Å². The van der Waals surface area contributed by atoms with Crippen LogP contribution in [0.25, 0.3) is 0 Å². The Labute approximate surface area is 172 Å². The number of para-hydroxylation sites is 1. The molecule has 0 aliphatic heterocycles. The van der Waals surface area contributed by atoms with Crippen molar-refractivity contribution in [3.8, 4) is 11.5 Å². The number of carbonyl (C=O) groups is 1. The zero-order valence-corrected chi connectivity index (χ0v) is 18.0. The van der Waals surface area contributed by atoms with Crippen molar-refractivity contribution in [3.05, 3.63) is 48.5 Å². The first kappa shape index (κ1) is 22.7. The van der Waals surface area contributed by atoms with Crippen molar-refractivity contribution in [1.29, 1.82) is 0 Å². The Morgan fingerprint density at radius 3 is 2.28 bits per heavy atom. The number of hydrogen-bond acceptors (Lipinski definition) is 5. The molecule has 0 heterocycles. The molecule has 158 valence electrons. The lowest BCUT2D eigenvalue weighted by Crippen LogP contribution is -2.33. The number of nitrogens with zero attached hydrogens (tertiary/aromatic N) is 1. The van der Waals surface area contributed by atoms with Gasteiger partial charge in [0.25, 0.3) is 5.91 Å². The van der Waals surface area contributed by atoms with Crippen LogP contribution in [0.15, 0.2) is 53.4 Å². The van der Waals surface area contributed by atoms with Gasteiger partial charge in [0.1, 0.15) is 11.5 Å². The molecule has 29 heavy (non-hydrogen) atoms. The molecule has 8 heteroatoms. The minimum Gasteiger partial charge on any atom is -0.495 e. The third-order valence-electron chi connectivity index (χ3n) is 4.46. The summed E-state index contributed by atoms with van der Waals surface area (Å²) < 4.78 is 38.0. The predicted octanol–water partition coefficient (Wildman–Crippen LogP) is 3.52. The van der Waals surface area contributed by atoms with Gasteiger partial charge in [-0.3, -0.25) is 4.79 Å². The molecule has 0 bridgehead atoms. The van der Waals surface area contributed by atoms with Gasteiger partial charge < -0.3 is 14.8 Å². The van der Waals surface area contributed by atoms with E-state index in [1.54, 1.807) is 26.0 Å². The van der Waals surface area contributed by atoms with E-state index in [0.717, 1.165) is 0 Å². The van der Waals surface area contributed by atoms with Crippen LogP contribution in [0.5, 0.6) is 11.5 Å². The van der Waals surface area contributed by atoms with Crippen LogP contribution in [-0.2, 0) is 14.8 Å². The highest BCUT2D eigenvalue weighted by Crippen LogP contribution is 2.29. The summed E-state index contributed by atoms with van der Waals surface area (Å²) in [4.78, 5) is 12.9. The molecule has 7 nitrogen and oxygen atoms in total. The predicted molar refractivity (Wildman–Crippen MR) is 113 cm³/mol. The normalized spacial score (nSPS) is 12.4. The van der Waals surface area contributed by atoms with E-state index in [-0.39, 0.29) is 16.5 Å². The molecule has 0 radical (unpaired) electrons. The smallest absolute Gasteiger partial charge is 0.265 e. The van der Waals surface area contributed by atoms with Gasteiger partial charge in [-0.2, -0.15) is 4.31 Å². The number of hydrogen-bond donors (Lipinski definition) is 1. The second-order valence-corrected chi connectivity index (χ2v) is 8.21. The fourth-order valence-corrected chi connectivity index (χ4v) is 4.34. The minimum absolute atomic E-state index is 0.0920. The number of methoxy groups -OCH3 is 1. The van der Waals surface area contributed by atoms with Crippen LogP contribution in [0.4, 0.5) is 5.69 Å². The molecule has 0 aliphatic carbocycles. The van der Waals surface area contributed by atoms with Crippen LogP contribution in [0.1, 0.15) is 27.2 Å². The molecule has 0 saturated carbocycles. The number of amides is 1. The van der Waals surface area contributed by atoms with Crippen molar-refractivity contribution < 1.29 is 22.7 Å². The molecule has 0 spiro atoms. The standard InChI is InChI=1S/C21H28N2O5S/c1-5-19(28-16-11-9-8-10-12-16)21(24)22-18-15-17(13-14-20(18)27-4)29(25,26)23(6-2)7-3/h8-15,19H,5-7H2,1-4H3,(H,22,24)/t19-/m1/s1. The first-order valence-electron chi connectivity index (χ1n) is 9.58. The molecule has 2 rings (SSSR count). The molecule has 1 atom stereocenters. The van der Waals surface area contributed by atoms with Crippen molar-refractivity contribution in [1.82, 2.24) is 4.31 Å². The Kier molecular flexibility index (Phi) is 8.04. The average molecular weight is 421 g/mol. The van der Waals surface area contributed by atoms with Crippen molar-refractivity contribution in [2.45, 2.75) is 38.2 Å². The van der Waals surface area contributed by atoms with Crippen molar-refractivity contribution in [2.24, 2.45) is 0 Å². The summed E-state index contributed by atoms with van der Waals surface area (Å²) in [7, 11) is -2.20. The first-order valence-corrected chi connectivity index (χ1v) is 11.0. The fourth-order valence-electron chi connectivity index (χ4n) is 2.86. The largest absolute Gasteiger partial charge is 0.495 e. The van der Waals surface area contributed by atoms with E-state index in [2.05, 4.69) is 5.32 Å². The second kappa shape index (κ2) is 10.3. The minimum atomic E-state index is -3.66. The molecule has 0 aliphatic rings. The number of nitrogens with one attached hydrogen (secondary N) is 1. The maximum atomic E-state index is 12.8. The number of carbonyl (C=O) groups excluding carboxylic acids is 1. The van der Waals surface area contributed by atoms with Gasteiger partial charge in [0.2, 0.25) is 10.0 Å². The summed E-state index contributed by atoms with van der Waals surface area (Å²) in [5, 5.41) is 2.75. The van der Waals surface area contributed by atoms with Crippen molar-refractivity contribution in [3.63, 3.8) is 0 Å². The van der Waals surface area contributed by atoms with E-state index < -0.39 is 16.1 Å². The fraction of sp³-hybridized carbons (Fsp3) is 0.381. The van der Waals surface area contributed by atoms with Gasteiger partial charge in [0, 0.05) is 13.1 Å². The Bertz CT molecular complexity index is 912. The van der Waals surface area contributed by atoms with Crippen LogP contribution >= 0.6 is 0 Å². The molecular weight excluding hydrogens is 392 g/mol. The van der Waals surface area contributed by atoms with Gasteiger partial charge in [-0.05, 0) is 36.8 Å². The molecule has 0 unspecified atom stereocenters. The zero-order valence-electron chi connectivity index (χ0n) is 17.2. The van der Waals surface area contributed by atoms with Gasteiger partial charge in [-0.25, -0.2) is 8.42 Å². The Morgan fingerprint density at radius 2 is 1.72 bits per heavy atom. The zero-order chi connectivity index (χ0) is 21.4. The van der Waals surface area contributed by atoms with Crippen molar-refractivity contribution >= 4 is 21.6 Å². The van der Waals surface area contributed by atoms with Crippen LogP contribution in [0.2, 0.25) is 0 Å². The molecular formula is C21H28N2O5S. The topological polar surface area (TPSA) is 84.9 Å². The quantitative estimate of drug-likeness (QED) is 0.636. The number of sulfonamides is 1. The van der Waals surface area contributed by atoms with E-state index in [1.807, 2.05) is 25.1 Å². The Hall–Kier alpha value is -2.58. The highest BCUT2D eigenvalue weighted by Gasteiger charge is 2.25. The Morgan fingerprint density at radius 1 is 1.07 bits per heavy atom. The second-order valence-electron chi connectivity index (χ2n) is 6.27. The average Bonchev–Trinajstić information content (AvgIpc) is 2.73. The lowest BCUT2D eigenvalue weighted by molar-refractivity contribution is -0.122. The van der Waals surface area contributed by atoms with Crippen LogP contribution < -0.4 is 14.8 Å². The van der Waals surface area contributed by atoms with E-state index in [4.69, 9.17) is 9.47 Å². The summed E-state index contributed by atoms with van der Waals surface area (Å²) >= 11 is 0. The number of benzene rings is 2. The Balaban J connectivity index is 2.29. The van der Waals surface area contributed by atoms with Gasteiger partial charge >= 0.3 is 0 Å². The van der Waals surface area contributed by atoms with Crippen LogP contribution in [-0.4, -0.2) is 44.9 Å². The number of anilines is 1. The summed E-state index contributed by atoms with van der Waals surface area (Å²) in [6.07, 6.45) is -0.286. The SMILES string of the molecule is CC[C@@H](Oc1ccccc1)C(=O)Nc1cc(S(=O)(=O)N(CC)CC)ccc1OC. The number of rotatable bonds is 10. The summed E-state index contributed by atoms with van der Waals surface area (Å²) in [6.45, 7) is 6.11. The van der Waals surface area contributed by atoms with Gasteiger partial charge in [-0.15, -0.1) is 0 Å². The highest BCUT2D eigenvalue weighted by molar-refractivity contribution is 7.89. The van der Waals surface area contributed by atoms with Crippen LogP contribution in [0, 0.1) is 0 Å². The monoisotopic (exact) mass is 420 g/mol. The molecule has 1 N–H and O–H groups in total. The maximum absolute atomic E-state index is 12.8. The van der Waals surface area contributed by atoms with E-state index in [1.165, 1.54) is 29.6 Å².